The number of fused-ring (bicyclic) bond motifs is 3. The van der Waals surface area contributed by atoms with Crippen molar-refractivity contribution in [1.82, 2.24) is 0 Å². The van der Waals surface area contributed by atoms with Crippen molar-refractivity contribution < 1.29 is 0 Å². The third-order valence-electron chi connectivity index (χ3n) is 7.17. The molecule has 8 atom stereocenters. The monoisotopic (exact) mass is 225 g/mol. The Bertz CT molecular complexity index is 500. The Labute approximate surface area is 102 Å². The molecular weight excluding hydrogens is 206 g/mol. The Morgan fingerprint density at radius 3 is 2.88 bits per heavy atom. The lowest BCUT2D eigenvalue weighted by Gasteiger charge is -2.26. The van der Waals surface area contributed by atoms with Crippen LogP contribution >= 0.6 is 0 Å². The third-order valence-corrected chi connectivity index (χ3v) is 7.17. The standard InChI is InChI=1S/C16H19N/c17-4-3-8-5-9(8)6-10-11-13(10)16-12(7-1-2-7)15(16)14(11)16/h3-5,7,9-15H,1-2,6,17H2/b4-3-/t9?,10-,11?,12?,13?,14?,15?,16?/m1/s1. The summed E-state index contributed by atoms with van der Waals surface area (Å²) in [7, 11) is 0. The van der Waals surface area contributed by atoms with Gasteiger partial charge in [0.2, 0.25) is 0 Å². The van der Waals surface area contributed by atoms with Crippen molar-refractivity contribution in [2.24, 2.45) is 58.5 Å². The highest BCUT2D eigenvalue weighted by Crippen LogP contribution is 3.07. The molecule has 17 heavy (non-hydrogen) atoms. The van der Waals surface area contributed by atoms with E-state index in [0.717, 1.165) is 17.3 Å². The molecule has 1 nitrogen and oxygen atoms in total. The summed E-state index contributed by atoms with van der Waals surface area (Å²) in [5, 5.41) is 0. The van der Waals surface area contributed by atoms with Crippen molar-refractivity contribution in [1.29, 1.82) is 0 Å². The van der Waals surface area contributed by atoms with Gasteiger partial charge in [-0.05, 0) is 84.0 Å². The lowest BCUT2D eigenvalue weighted by Crippen LogP contribution is -2.23. The van der Waals surface area contributed by atoms with Crippen molar-refractivity contribution in [3.05, 3.63) is 23.9 Å². The van der Waals surface area contributed by atoms with Crippen LogP contribution in [0.1, 0.15) is 19.3 Å². The molecule has 0 aromatic carbocycles. The summed E-state index contributed by atoms with van der Waals surface area (Å²) in [4.78, 5) is 0. The molecule has 0 radical (unpaired) electrons. The number of rotatable bonds is 4. The van der Waals surface area contributed by atoms with Gasteiger partial charge in [0, 0.05) is 5.92 Å². The fourth-order valence-corrected chi connectivity index (χ4v) is 6.44. The second kappa shape index (κ2) is 2.13. The highest BCUT2D eigenvalue weighted by atomic mass is 15.1. The Morgan fingerprint density at radius 1 is 1.24 bits per heavy atom. The van der Waals surface area contributed by atoms with E-state index in [1.165, 1.54) is 47.5 Å². The van der Waals surface area contributed by atoms with Crippen LogP contribution in [0, 0.1) is 52.8 Å². The topological polar surface area (TPSA) is 26.0 Å². The molecule has 0 aromatic heterocycles. The average molecular weight is 225 g/mol. The molecule has 7 unspecified atom stereocenters. The van der Waals surface area contributed by atoms with Gasteiger partial charge in [-0.1, -0.05) is 6.08 Å². The predicted molar refractivity (Wildman–Crippen MR) is 65.6 cm³/mol. The van der Waals surface area contributed by atoms with Crippen LogP contribution < -0.4 is 5.73 Å². The molecule has 6 rings (SSSR count). The Kier molecular flexibility index (Phi) is 1.05. The van der Waals surface area contributed by atoms with Gasteiger partial charge >= 0.3 is 0 Å². The summed E-state index contributed by atoms with van der Waals surface area (Å²) >= 11 is 0. The quantitative estimate of drug-likeness (QED) is 0.782. The Balaban J connectivity index is 1.13. The molecule has 0 amide bonds. The molecule has 1 spiro atoms. The van der Waals surface area contributed by atoms with Crippen molar-refractivity contribution in [2.75, 3.05) is 0 Å². The van der Waals surface area contributed by atoms with Crippen LogP contribution in [0.3, 0.4) is 0 Å². The van der Waals surface area contributed by atoms with Crippen LogP contribution in [0.15, 0.2) is 23.9 Å². The smallest absolute Gasteiger partial charge is 0.00244 e. The summed E-state index contributed by atoms with van der Waals surface area (Å²) in [5.41, 5.74) is 7.94. The molecule has 0 aliphatic heterocycles. The molecule has 2 N–H and O–H groups in total. The minimum Gasteiger partial charge on any atom is -0.405 e. The van der Waals surface area contributed by atoms with E-state index >= 15 is 0 Å². The predicted octanol–water partition coefficient (Wildman–Crippen LogP) is 2.55. The summed E-state index contributed by atoms with van der Waals surface area (Å²) in [6.07, 6.45) is 10.8. The lowest BCUT2D eigenvalue weighted by molar-refractivity contribution is 0.198. The number of nitrogens with two attached hydrogens (primary N) is 1. The summed E-state index contributed by atoms with van der Waals surface area (Å²) in [5.74, 6) is 9.31. The van der Waals surface area contributed by atoms with Crippen LogP contribution in [0.4, 0.5) is 0 Å². The van der Waals surface area contributed by atoms with Crippen LogP contribution in [0.5, 0.6) is 0 Å². The zero-order chi connectivity index (χ0) is 10.9. The van der Waals surface area contributed by atoms with Gasteiger partial charge in [-0.2, -0.15) is 0 Å². The second-order valence-electron chi connectivity index (χ2n) is 7.55. The number of allylic oxidation sites excluding steroid dienone is 3. The van der Waals surface area contributed by atoms with Gasteiger partial charge in [0.25, 0.3) is 0 Å². The SMILES string of the molecule is N/C=C\C1=CC1C[C@@H]1C2C3C4C(C5CC5)C34C21. The van der Waals surface area contributed by atoms with E-state index in [9.17, 15) is 0 Å². The molecule has 5 fully saturated rings. The van der Waals surface area contributed by atoms with E-state index in [1.807, 2.05) is 0 Å². The van der Waals surface area contributed by atoms with Gasteiger partial charge in [-0.3, -0.25) is 0 Å². The molecule has 5 saturated carbocycles. The summed E-state index contributed by atoms with van der Waals surface area (Å²) < 4.78 is 0. The van der Waals surface area contributed by atoms with Gasteiger partial charge in [-0.25, -0.2) is 0 Å². The van der Waals surface area contributed by atoms with E-state index in [0.29, 0.717) is 0 Å². The molecule has 0 aromatic rings. The van der Waals surface area contributed by atoms with Gasteiger partial charge in [-0.15, -0.1) is 0 Å². The van der Waals surface area contributed by atoms with Gasteiger partial charge in [0.1, 0.15) is 0 Å². The first-order valence-electron chi connectivity index (χ1n) is 7.49. The fraction of sp³-hybridized carbons (Fsp3) is 0.750. The molecule has 0 bridgehead atoms. The Morgan fingerprint density at radius 2 is 2.12 bits per heavy atom. The van der Waals surface area contributed by atoms with Gasteiger partial charge in [0.05, 0.1) is 0 Å². The van der Waals surface area contributed by atoms with Crippen LogP contribution in [-0.2, 0) is 0 Å². The molecule has 1 heteroatoms. The summed E-state index contributed by atoms with van der Waals surface area (Å²) in [6, 6.07) is 0. The van der Waals surface area contributed by atoms with Gasteiger partial charge in [0.15, 0.2) is 0 Å². The highest BCUT2D eigenvalue weighted by molar-refractivity contribution is 5.51. The fourth-order valence-electron chi connectivity index (χ4n) is 6.44. The van der Waals surface area contributed by atoms with E-state index in [2.05, 4.69) is 12.2 Å². The first-order valence-corrected chi connectivity index (χ1v) is 7.49. The normalized spacial score (nSPS) is 67.5. The van der Waals surface area contributed by atoms with Gasteiger partial charge < -0.3 is 5.73 Å². The third kappa shape index (κ3) is 0.718. The maximum absolute atomic E-state index is 5.44. The minimum absolute atomic E-state index is 0.817. The molecule has 6 aliphatic carbocycles. The largest absolute Gasteiger partial charge is 0.405 e. The van der Waals surface area contributed by atoms with Crippen molar-refractivity contribution >= 4 is 0 Å². The first kappa shape index (κ1) is 8.39. The first-order chi connectivity index (χ1) is 8.39. The molecule has 88 valence electrons. The van der Waals surface area contributed by atoms with E-state index in [1.54, 1.807) is 19.0 Å². The number of hydrogen-bond donors (Lipinski definition) is 1. The molecule has 0 saturated heterocycles. The van der Waals surface area contributed by atoms with Crippen molar-refractivity contribution in [3.63, 3.8) is 0 Å². The molecule has 0 heterocycles. The molecule has 6 aliphatic rings. The van der Waals surface area contributed by atoms with E-state index in [-0.39, 0.29) is 0 Å². The maximum Gasteiger partial charge on any atom is 0.00244 e. The van der Waals surface area contributed by atoms with Crippen molar-refractivity contribution in [3.8, 4) is 0 Å². The zero-order valence-corrected chi connectivity index (χ0v) is 10.0. The van der Waals surface area contributed by atoms with E-state index < -0.39 is 0 Å². The lowest BCUT2D eigenvalue weighted by atomic mass is 9.78. The minimum atomic E-state index is 0.817. The van der Waals surface area contributed by atoms with Crippen LogP contribution in [0.25, 0.3) is 0 Å². The zero-order valence-electron chi connectivity index (χ0n) is 10.0. The number of hydrogen-bond acceptors (Lipinski definition) is 1. The summed E-state index contributed by atoms with van der Waals surface area (Å²) in [6.45, 7) is 0. The van der Waals surface area contributed by atoms with Crippen molar-refractivity contribution in [2.45, 2.75) is 19.3 Å². The van der Waals surface area contributed by atoms with Crippen LogP contribution in [0.2, 0.25) is 0 Å². The Hall–Kier alpha value is -0.720. The highest BCUT2D eigenvalue weighted by Gasteiger charge is 3.04. The second-order valence-corrected chi connectivity index (χ2v) is 7.55. The maximum atomic E-state index is 5.44. The van der Waals surface area contributed by atoms with E-state index in [4.69, 9.17) is 5.73 Å². The molecular formula is C16H19N. The van der Waals surface area contributed by atoms with Crippen LogP contribution in [-0.4, -0.2) is 0 Å². The average Bonchev–Trinajstić information content (AvgIpc) is 3.11.